The first kappa shape index (κ1) is 18.4. The Morgan fingerprint density at radius 1 is 1.36 bits per heavy atom. The first-order chi connectivity index (χ1) is 11.8. The summed E-state index contributed by atoms with van der Waals surface area (Å²) in [4.78, 5) is 18.5. The number of fused-ring (bicyclic) bond motifs is 1. The highest BCUT2D eigenvalue weighted by Crippen LogP contribution is 2.32. The summed E-state index contributed by atoms with van der Waals surface area (Å²) in [5.74, 6) is 1.41. The molecule has 1 aliphatic carbocycles. The van der Waals surface area contributed by atoms with Crippen LogP contribution < -0.4 is 0 Å². The Kier molecular flexibility index (Phi) is 5.46. The molecule has 0 aromatic heterocycles. The first-order valence-corrected chi connectivity index (χ1v) is 9.90. The number of rotatable bonds is 3. The Hall–Kier alpha value is -1.43. The number of hydrogen-bond donors (Lipinski definition) is 0. The summed E-state index contributed by atoms with van der Waals surface area (Å²) in [6.45, 7) is 9.93. The van der Waals surface area contributed by atoms with Crippen molar-refractivity contribution in [2.24, 2.45) is 10.9 Å². The van der Waals surface area contributed by atoms with E-state index in [1.54, 1.807) is 4.90 Å². The summed E-state index contributed by atoms with van der Waals surface area (Å²) >= 11 is 1.82. The molecule has 1 fully saturated rings. The lowest BCUT2D eigenvalue weighted by Crippen LogP contribution is -2.42. The standard InChI is InChI=1S/C19H28N2O3S/c1-13-20-16-11-15(5-6-17(16)25-13)23-12-14-7-9-21(10-8-14)18(22)24-19(2,3)4/h5-6,11,14,16-17H,7-10,12H2,1-4H3/t16-,17-/m0/s1. The fourth-order valence-electron chi connectivity index (χ4n) is 3.20. The third kappa shape index (κ3) is 5.03. The summed E-state index contributed by atoms with van der Waals surface area (Å²) in [5.41, 5.74) is -0.436. The number of likely N-dealkylation sites (tertiary alicyclic amines) is 1. The molecule has 5 nitrogen and oxygen atoms in total. The minimum Gasteiger partial charge on any atom is -0.494 e. The van der Waals surface area contributed by atoms with Crippen molar-refractivity contribution in [3.63, 3.8) is 0 Å². The second kappa shape index (κ2) is 7.44. The van der Waals surface area contributed by atoms with Crippen LogP contribution in [-0.4, -0.2) is 52.6 Å². The van der Waals surface area contributed by atoms with Gasteiger partial charge in [-0.25, -0.2) is 4.79 Å². The minimum absolute atomic E-state index is 0.206. The molecule has 3 rings (SSSR count). The van der Waals surface area contributed by atoms with Crippen LogP contribution in [0.5, 0.6) is 0 Å². The number of aliphatic imine (C=N–C) groups is 1. The van der Waals surface area contributed by atoms with Crippen molar-refractivity contribution in [2.45, 2.75) is 57.4 Å². The van der Waals surface area contributed by atoms with E-state index in [2.05, 4.69) is 30.1 Å². The van der Waals surface area contributed by atoms with Gasteiger partial charge in [0.1, 0.15) is 11.4 Å². The molecule has 0 aromatic carbocycles. The molecule has 0 unspecified atom stereocenters. The number of carbonyl (C=O) groups is 1. The van der Waals surface area contributed by atoms with Crippen LogP contribution in [0.1, 0.15) is 40.5 Å². The molecular weight excluding hydrogens is 336 g/mol. The van der Waals surface area contributed by atoms with E-state index >= 15 is 0 Å². The lowest BCUT2D eigenvalue weighted by atomic mass is 9.98. The molecule has 1 amide bonds. The van der Waals surface area contributed by atoms with Crippen LogP contribution in [0.2, 0.25) is 0 Å². The number of amides is 1. The van der Waals surface area contributed by atoms with Crippen LogP contribution in [0.25, 0.3) is 0 Å². The number of carbonyl (C=O) groups excluding carboxylic acids is 1. The van der Waals surface area contributed by atoms with Crippen molar-refractivity contribution in [1.82, 2.24) is 4.90 Å². The molecule has 3 aliphatic rings. The van der Waals surface area contributed by atoms with Crippen molar-refractivity contribution in [3.05, 3.63) is 24.0 Å². The molecule has 0 aromatic rings. The molecular formula is C19H28N2O3S. The highest BCUT2D eigenvalue weighted by molar-refractivity contribution is 8.14. The van der Waals surface area contributed by atoms with Gasteiger partial charge in [-0.05, 0) is 58.6 Å². The van der Waals surface area contributed by atoms with Crippen molar-refractivity contribution in [2.75, 3.05) is 19.7 Å². The average Bonchev–Trinajstić information content (AvgIpc) is 2.91. The normalized spacial score (nSPS) is 26.8. The van der Waals surface area contributed by atoms with E-state index in [4.69, 9.17) is 9.47 Å². The average molecular weight is 365 g/mol. The first-order valence-electron chi connectivity index (χ1n) is 9.02. The summed E-state index contributed by atoms with van der Waals surface area (Å²) in [6.07, 6.45) is 8.09. The van der Waals surface area contributed by atoms with E-state index in [1.165, 1.54) is 0 Å². The molecule has 0 spiro atoms. The van der Waals surface area contributed by atoms with E-state index in [0.717, 1.165) is 36.7 Å². The van der Waals surface area contributed by atoms with E-state index in [9.17, 15) is 4.79 Å². The molecule has 138 valence electrons. The SMILES string of the molecule is CC1=N[C@H]2C=C(OCC3CCN(C(=O)OC(C)(C)C)CC3)C=C[C@@H]2S1. The van der Waals surface area contributed by atoms with E-state index in [1.807, 2.05) is 32.5 Å². The quantitative estimate of drug-likeness (QED) is 0.759. The zero-order valence-corrected chi connectivity index (χ0v) is 16.3. The second-order valence-electron chi connectivity index (χ2n) is 7.87. The number of thioether (sulfide) groups is 1. The van der Waals surface area contributed by atoms with Crippen LogP contribution in [0.4, 0.5) is 4.79 Å². The van der Waals surface area contributed by atoms with Gasteiger partial charge in [-0.2, -0.15) is 0 Å². The molecule has 2 atom stereocenters. The van der Waals surface area contributed by atoms with Crippen LogP contribution in [0.15, 0.2) is 29.0 Å². The Balaban J connectivity index is 1.42. The lowest BCUT2D eigenvalue weighted by molar-refractivity contribution is 0.0150. The molecule has 0 saturated carbocycles. The summed E-state index contributed by atoms with van der Waals surface area (Å²) in [7, 11) is 0. The Bertz CT molecular complexity index is 598. The van der Waals surface area contributed by atoms with Crippen LogP contribution in [-0.2, 0) is 9.47 Å². The maximum absolute atomic E-state index is 12.1. The fourth-order valence-corrected chi connectivity index (χ4v) is 4.21. The fraction of sp³-hybridized carbons (Fsp3) is 0.684. The smallest absolute Gasteiger partial charge is 0.410 e. The van der Waals surface area contributed by atoms with Crippen LogP contribution in [0, 0.1) is 5.92 Å². The maximum Gasteiger partial charge on any atom is 0.410 e. The molecule has 6 heteroatoms. The summed E-state index contributed by atoms with van der Waals surface area (Å²) in [6, 6.07) is 0.221. The van der Waals surface area contributed by atoms with Crippen LogP contribution >= 0.6 is 11.8 Å². The van der Waals surface area contributed by atoms with Gasteiger partial charge >= 0.3 is 6.09 Å². The number of allylic oxidation sites excluding steroid dienone is 1. The van der Waals surface area contributed by atoms with Gasteiger partial charge in [0.05, 0.1) is 22.9 Å². The molecule has 2 aliphatic heterocycles. The van der Waals surface area contributed by atoms with Crippen molar-refractivity contribution >= 4 is 22.9 Å². The number of piperidine rings is 1. The van der Waals surface area contributed by atoms with Gasteiger partial charge in [0.2, 0.25) is 0 Å². The predicted octanol–water partition coefficient (Wildman–Crippen LogP) is 4.01. The van der Waals surface area contributed by atoms with Gasteiger partial charge in [0.25, 0.3) is 0 Å². The van der Waals surface area contributed by atoms with Gasteiger partial charge < -0.3 is 14.4 Å². The minimum atomic E-state index is -0.436. The number of ether oxygens (including phenoxy) is 2. The van der Waals surface area contributed by atoms with Gasteiger partial charge in [-0.3, -0.25) is 4.99 Å². The lowest BCUT2D eigenvalue weighted by Gasteiger charge is -2.33. The maximum atomic E-state index is 12.1. The zero-order chi connectivity index (χ0) is 18.0. The number of hydrogen-bond acceptors (Lipinski definition) is 5. The van der Waals surface area contributed by atoms with Gasteiger partial charge in [-0.1, -0.05) is 6.08 Å². The Labute approximate surface area is 154 Å². The van der Waals surface area contributed by atoms with E-state index in [-0.39, 0.29) is 12.1 Å². The van der Waals surface area contributed by atoms with Crippen molar-refractivity contribution < 1.29 is 14.3 Å². The Morgan fingerprint density at radius 3 is 2.76 bits per heavy atom. The topological polar surface area (TPSA) is 51.1 Å². The zero-order valence-electron chi connectivity index (χ0n) is 15.5. The monoisotopic (exact) mass is 364 g/mol. The van der Waals surface area contributed by atoms with Crippen molar-refractivity contribution in [1.29, 1.82) is 0 Å². The molecule has 0 radical (unpaired) electrons. The third-order valence-corrected chi connectivity index (χ3v) is 5.67. The second-order valence-corrected chi connectivity index (χ2v) is 9.24. The third-order valence-electron chi connectivity index (χ3n) is 4.51. The van der Waals surface area contributed by atoms with E-state index in [0.29, 0.717) is 17.8 Å². The number of nitrogens with zero attached hydrogens (tertiary/aromatic N) is 2. The summed E-state index contributed by atoms with van der Waals surface area (Å²) in [5, 5.41) is 1.58. The summed E-state index contributed by atoms with van der Waals surface area (Å²) < 4.78 is 11.4. The van der Waals surface area contributed by atoms with Gasteiger partial charge in [0.15, 0.2) is 0 Å². The largest absolute Gasteiger partial charge is 0.494 e. The molecule has 0 bridgehead atoms. The molecule has 25 heavy (non-hydrogen) atoms. The highest BCUT2D eigenvalue weighted by Gasteiger charge is 2.29. The highest BCUT2D eigenvalue weighted by atomic mass is 32.2. The van der Waals surface area contributed by atoms with Gasteiger partial charge in [-0.15, -0.1) is 11.8 Å². The Morgan fingerprint density at radius 2 is 2.08 bits per heavy atom. The predicted molar refractivity (Wildman–Crippen MR) is 102 cm³/mol. The molecule has 0 N–H and O–H groups in total. The molecule has 1 saturated heterocycles. The van der Waals surface area contributed by atoms with Gasteiger partial charge in [0, 0.05) is 13.1 Å². The molecule has 2 heterocycles. The van der Waals surface area contributed by atoms with Crippen molar-refractivity contribution in [3.8, 4) is 0 Å². The van der Waals surface area contributed by atoms with E-state index < -0.39 is 5.60 Å². The van der Waals surface area contributed by atoms with Crippen LogP contribution in [0.3, 0.4) is 0 Å².